The quantitative estimate of drug-likeness (QED) is 0.375. The van der Waals surface area contributed by atoms with Crippen LogP contribution in [0, 0.1) is 0 Å². The van der Waals surface area contributed by atoms with Gasteiger partial charge in [-0.1, -0.05) is 30.3 Å². The van der Waals surface area contributed by atoms with Crippen LogP contribution in [-0.2, 0) is 19.1 Å². The molecule has 1 aliphatic rings. The van der Waals surface area contributed by atoms with Crippen molar-refractivity contribution in [2.24, 2.45) is 0 Å². The van der Waals surface area contributed by atoms with Crippen LogP contribution in [0.25, 0.3) is 0 Å². The van der Waals surface area contributed by atoms with Crippen molar-refractivity contribution in [3.8, 4) is 5.75 Å². The molecule has 3 aromatic carbocycles. The molecular weight excluding hydrogens is 538 g/mol. The molecule has 2 unspecified atom stereocenters. The molecule has 0 saturated heterocycles. The van der Waals surface area contributed by atoms with Crippen molar-refractivity contribution >= 4 is 35.1 Å². The Balaban J connectivity index is 1.67. The van der Waals surface area contributed by atoms with Crippen molar-refractivity contribution in [3.63, 3.8) is 0 Å². The molecule has 0 spiro atoms. The van der Waals surface area contributed by atoms with E-state index in [9.17, 15) is 19.2 Å². The predicted molar refractivity (Wildman–Crippen MR) is 145 cm³/mol. The zero-order valence-electron chi connectivity index (χ0n) is 22.6. The van der Waals surface area contributed by atoms with E-state index in [1.165, 1.54) is 48.5 Å². The summed E-state index contributed by atoms with van der Waals surface area (Å²) in [5.74, 6) is -6.25. The Kier molecular flexibility index (Phi) is 8.65. The van der Waals surface area contributed by atoms with Gasteiger partial charge in [-0.3, -0.25) is 24.1 Å². The van der Waals surface area contributed by atoms with Crippen molar-refractivity contribution in [3.05, 3.63) is 89.5 Å². The van der Waals surface area contributed by atoms with Crippen molar-refractivity contribution in [1.82, 2.24) is 0 Å². The largest absolute Gasteiger partial charge is 0.493 e. The first kappa shape index (κ1) is 29.2. The number of rotatable bonds is 7. The van der Waals surface area contributed by atoms with Gasteiger partial charge in [-0.05, 0) is 49.4 Å². The number of ether oxygens (including phenoxy) is 3. The Morgan fingerprint density at radius 2 is 1.54 bits per heavy atom. The minimum absolute atomic E-state index is 0.00270. The summed E-state index contributed by atoms with van der Waals surface area (Å²) in [6, 6.07) is 18.3. The Bertz CT molecular complexity index is 1460. The van der Waals surface area contributed by atoms with E-state index in [4.69, 9.17) is 14.2 Å². The molecule has 4 rings (SSSR count). The topological polar surface area (TPSA) is 111 Å². The molecule has 0 aliphatic carbocycles. The zero-order chi connectivity index (χ0) is 29.7. The summed E-state index contributed by atoms with van der Waals surface area (Å²) in [6.07, 6.45) is -4.83. The molecule has 1 heterocycles. The number of halogens is 2. The fraction of sp³-hybridized carbons (Fsp3) is 0.267. The van der Waals surface area contributed by atoms with Crippen molar-refractivity contribution in [2.75, 3.05) is 16.8 Å². The van der Waals surface area contributed by atoms with Crippen LogP contribution in [0.1, 0.15) is 59.6 Å². The Morgan fingerprint density at radius 1 is 0.902 bits per heavy atom. The summed E-state index contributed by atoms with van der Waals surface area (Å²) in [7, 11) is 0. The molecule has 2 atom stereocenters. The highest BCUT2D eigenvalue weighted by Crippen LogP contribution is 2.47. The second-order valence-electron chi connectivity index (χ2n) is 9.21. The molecule has 3 aromatic rings. The highest BCUT2D eigenvalue weighted by Gasteiger charge is 2.52. The first-order valence-corrected chi connectivity index (χ1v) is 12.8. The lowest BCUT2D eigenvalue weighted by Gasteiger charge is -2.31. The molecule has 214 valence electrons. The first-order chi connectivity index (χ1) is 19.5. The number of hydrogen-bond donors (Lipinski definition) is 1. The maximum atomic E-state index is 15.4. The van der Waals surface area contributed by atoms with Gasteiger partial charge in [0.1, 0.15) is 5.75 Å². The number of esters is 2. The molecule has 0 bridgehead atoms. The maximum Gasteiger partial charge on any atom is 0.304 e. The van der Waals surface area contributed by atoms with Crippen LogP contribution in [0.4, 0.5) is 20.2 Å². The van der Waals surface area contributed by atoms with Gasteiger partial charge in [0.15, 0.2) is 12.3 Å². The normalized spacial score (nSPS) is 17.4. The van der Waals surface area contributed by atoms with Crippen LogP contribution in [0.3, 0.4) is 0 Å². The van der Waals surface area contributed by atoms with Gasteiger partial charge in [0.2, 0.25) is 0 Å². The summed E-state index contributed by atoms with van der Waals surface area (Å²) in [4.78, 5) is 51.2. The van der Waals surface area contributed by atoms with Gasteiger partial charge in [-0.15, -0.1) is 0 Å². The molecule has 0 aromatic heterocycles. The molecule has 1 N–H and O–H groups in total. The second kappa shape index (κ2) is 12.2. The van der Waals surface area contributed by atoms with Crippen molar-refractivity contribution in [2.45, 2.75) is 45.4 Å². The zero-order valence-corrected chi connectivity index (χ0v) is 22.6. The summed E-state index contributed by atoms with van der Waals surface area (Å²) < 4.78 is 46.6. The van der Waals surface area contributed by atoms with E-state index < -0.39 is 48.4 Å². The van der Waals surface area contributed by atoms with E-state index in [2.05, 4.69) is 5.32 Å². The average molecular weight is 567 g/mol. The number of fused-ring (bicyclic) bond motifs is 1. The number of nitrogens with one attached hydrogen (secondary N) is 1. The van der Waals surface area contributed by atoms with Gasteiger partial charge in [0.05, 0.1) is 24.3 Å². The fourth-order valence-electron chi connectivity index (χ4n) is 4.55. The molecule has 9 nitrogen and oxygen atoms in total. The molecule has 41 heavy (non-hydrogen) atoms. The van der Waals surface area contributed by atoms with Gasteiger partial charge >= 0.3 is 11.9 Å². The fourth-order valence-corrected chi connectivity index (χ4v) is 4.55. The smallest absolute Gasteiger partial charge is 0.304 e. The van der Waals surface area contributed by atoms with Gasteiger partial charge < -0.3 is 19.5 Å². The lowest BCUT2D eigenvalue weighted by atomic mass is 10.0. The molecule has 0 saturated carbocycles. The summed E-state index contributed by atoms with van der Waals surface area (Å²) in [5.41, 5.74) is 0.638. The minimum Gasteiger partial charge on any atom is -0.493 e. The Hall–Kier alpha value is -4.80. The molecule has 2 amide bonds. The van der Waals surface area contributed by atoms with Gasteiger partial charge in [-0.25, -0.2) is 8.78 Å². The number of benzene rings is 3. The third kappa shape index (κ3) is 6.51. The lowest BCUT2D eigenvalue weighted by Crippen LogP contribution is -2.45. The van der Waals surface area contributed by atoms with Crippen LogP contribution in [0.15, 0.2) is 72.8 Å². The van der Waals surface area contributed by atoms with Crippen molar-refractivity contribution < 1.29 is 42.2 Å². The first-order valence-electron chi connectivity index (χ1n) is 12.8. The number of alkyl halides is 2. The van der Waals surface area contributed by atoms with E-state index in [1.807, 2.05) is 0 Å². The van der Waals surface area contributed by atoms with E-state index >= 15 is 8.78 Å². The molecule has 0 radical (unpaired) electrons. The number of para-hydroxylation sites is 2. The van der Waals surface area contributed by atoms with Gasteiger partial charge in [0, 0.05) is 30.7 Å². The molecule has 1 aliphatic heterocycles. The van der Waals surface area contributed by atoms with Crippen LogP contribution in [-0.4, -0.2) is 42.5 Å². The minimum atomic E-state index is -3.68. The third-order valence-corrected chi connectivity index (χ3v) is 6.22. The Labute approximate surface area is 235 Å². The highest BCUT2D eigenvalue weighted by molar-refractivity contribution is 6.08. The van der Waals surface area contributed by atoms with Gasteiger partial charge in [-0.2, -0.15) is 0 Å². The summed E-state index contributed by atoms with van der Waals surface area (Å²) >= 11 is 0. The summed E-state index contributed by atoms with van der Waals surface area (Å²) in [5, 5.41) is 2.74. The second-order valence-corrected chi connectivity index (χ2v) is 9.21. The monoisotopic (exact) mass is 566 g/mol. The number of nitrogens with zero attached hydrogens (tertiary/aromatic N) is 1. The van der Waals surface area contributed by atoms with E-state index in [0.29, 0.717) is 23.6 Å². The molecule has 11 heteroatoms. The van der Waals surface area contributed by atoms with Crippen LogP contribution in [0.5, 0.6) is 5.75 Å². The van der Waals surface area contributed by atoms with Crippen LogP contribution >= 0.6 is 0 Å². The van der Waals surface area contributed by atoms with Crippen LogP contribution in [0.2, 0.25) is 0 Å². The number of carbonyl (C=O) groups is 4. The molecule has 0 fully saturated rings. The number of amides is 2. The molecular formula is C30H28F2N2O7. The van der Waals surface area contributed by atoms with E-state index in [-0.39, 0.29) is 16.8 Å². The summed E-state index contributed by atoms with van der Waals surface area (Å²) in [6.45, 7) is 4.23. The van der Waals surface area contributed by atoms with Crippen LogP contribution < -0.4 is 15.0 Å². The van der Waals surface area contributed by atoms with E-state index in [1.54, 1.807) is 31.2 Å². The number of hydrogen-bond acceptors (Lipinski definition) is 7. The predicted octanol–water partition coefficient (Wildman–Crippen LogP) is 5.52. The third-order valence-electron chi connectivity index (χ3n) is 6.22. The van der Waals surface area contributed by atoms with Crippen molar-refractivity contribution in [1.29, 1.82) is 0 Å². The highest BCUT2D eigenvalue weighted by atomic mass is 19.3. The average Bonchev–Trinajstić information content (AvgIpc) is 3.00. The SMILES string of the molecule is CCOc1ccccc1C(=O)Nc1ccc(C(=O)N2c3ccccc3C(OC(C)=O)C(F)(F)CC2OC(C)=O)cc1. The number of anilines is 2. The maximum absolute atomic E-state index is 15.4. The standard InChI is InChI=1S/C30H28F2N2O7/c1-4-39-25-12-8-6-10-23(25)28(37)33-21-15-13-20(14-16-21)29(38)34-24-11-7-5-9-22(24)27(41-19(3)36)30(31,32)17-26(34)40-18(2)35/h5-16,26-27H,4,17H2,1-3H3,(H,33,37). The Morgan fingerprint density at radius 3 is 2.20 bits per heavy atom. The number of carbonyl (C=O) groups excluding carboxylic acids is 4. The lowest BCUT2D eigenvalue weighted by molar-refractivity contribution is -0.181. The van der Waals surface area contributed by atoms with Gasteiger partial charge in [0.25, 0.3) is 17.7 Å². The van der Waals surface area contributed by atoms with E-state index in [0.717, 1.165) is 18.7 Å².